The number of hydrogen-bond donors (Lipinski definition) is 2. The average molecular weight is 482 g/mol. The summed E-state index contributed by atoms with van der Waals surface area (Å²) >= 11 is 1.37. The lowest BCUT2D eigenvalue weighted by molar-refractivity contribution is 0.0931. The first-order chi connectivity index (χ1) is 16.6. The van der Waals surface area contributed by atoms with E-state index in [1.165, 1.54) is 17.4 Å². The van der Waals surface area contributed by atoms with E-state index in [1.54, 1.807) is 0 Å². The first-order valence-electron chi connectivity index (χ1n) is 11.5. The van der Waals surface area contributed by atoms with Crippen LogP contribution in [0.15, 0.2) is 35.1 Å². The summed E-state index contributed by atoms with van der Waals surface area (Å²) in [6.45, 7) is 3.61. The molecular weight excluding hydrogens is 457 g/mol. The zero-order chi connectivity index (χ0) is 23.2. The van der Waals surface area contributed by atoms with Gasteiger partial charge in [-0.1, -0.05) is 12.1 Å². The van der Waals surface area contributed by atoms with Gasteiger partial charge in [0, 0.05) is 25.7 Å². The Balaban J connectivity index is 1.60. The van der Waals surface area contributed by atoms with Crippen LogP contribution in [0.5, 0.6) is 0 Å². The van der Waals surface area contributed by atoms with E-state index in [0.717, 1.165) is 29.6 Å². The van der Waals surface area contributed by atoms with Gasteiger partial charge in [0.1, 0.15) is 10.4 Å². The van der Waals surface area contributed by atoms with Crippen LogP contribution in [0, 0.1) is 5.82 Å². The fraction of sp³-hybridized carbons (Fsp3) is 0.375. The number of amides is 1. The molecule has 2 aliphatic heterocycles. The highest BCUT2D eigenvalue weighted by Crippen LogP contribution is 2.32. The van der Waals surface area contributed by atoms with Gasteiger partial charge in [0.15, 0.2) is 17.3 Å². The van der Waals surface area contributed by atoms with Crippen LogP contribution in [0.3, 0.4) is 0 Å². The first-order valence-corrected chi connectivity index (χ1v) is 12.3. The molecule has 176 valence electrons. The van der Waals surface area contributed by atoms with Crippen LogP contribution in [0.25, 0.3) is 26.1 Å². The molecule has 5 heterocycles. The number of ether oxygens (including phenoxy) is 1. The third kappa shape index (κ3) is 3.53. The quantitative estimate of drug-likeness (QED) is 0.468. The number of nitrogens with one attached hydrogen (secondary N) is 2. The maximum atomic E-state index is 15.2. The molecule has 0 bridgehead atoms. The number of rotatable bonds is 3. The summed E-state index contributed by atoms with van der Waals surface area (Å²) < 4.78 is 23.4. The van der Waals surface area contributed by atoms with Gasteiger partial charge in [-0.15, -0.1) is 11.3 Å². The number of hydrogen-bond acceptors (Lipinski definition) is 7. The number of carbonyl (C=O) groups is 1. The van der Waals surface area contributed by atoms with Gasteiger partial charge in [-0.25, -0.2) is 9.37 Å². The number of nitrogens with zero attached hydrogens (tertiary/aromatic N) is 3. The van der Waals surface area contributed by atoms with Gasteiger partial charge >= 0.3 is 0 Å². The molecule has 1 unspecified atom stereocenters. The fourth-order valence-electron chi connectivity index (χ4n) is 4.83. The van der Waals surface area contributed by atoms with Crippen molar-refractivity contribution in [3.63, 3.8) is 0 Å². The van der Waals surface area contributed by atoms with E-state index in [0.29, 0.717) is 43.3 Å². The molecule has 8 nitrogen and oxygen atoms in total. The summed E-state index contributed by atoms with van der Waals surface area (Å²) in [5.41, 5.74) is 0.728. The summed E-state index contributed by atoms with van der Waals surface area (Å²) in [5.74, 6) is -0.805. The van der Waals surface area contributed by atoms with E-state index in [2.05, 4.69) is 15.6 Å². The number of fused-ring (bicyclic) bond motifs is 5. The predicted octanol–water partition coefficient (Wildman–Crippen LogP) is 2.52. The largest absolute Gasteiger partial charge is 0.378 e. The lowest BCUT2D eigenvalue weighted by Gasteiger charge is -2.28. The molecule has 3 aromatic heterocycles. The van der Waals surface area contributed by atoms with Crippen LogP contribution in [-0.2, 0) is 4.74 Å². The number of benzene rings is 1. The van der Waals surface area contributed by atoms with Gasteiger partial charge in [-0.2, -0.15) is 0 Å². The second-order valence-electron chi connectivity index (χ2n) is 8.70. The molecule has 2 fully saturated rings. The number of morpholine rings is 1. The van der Waals surface area contributed by atoms with Crippen molar-refractivity contribution in [2.75, 3.05) is 44.3 Å². The van der Waals surface area contributed by atoms with Crippen LogP contribution in [0.4, 0.5) is 10.2 Å². The molecule has 2 N–H and O–H groups in total. The number of halogens is 1. The van der Waals surface area contributed by atoms with Gasteiger partial charge < -0.3 is 20.3 Å². The number of carbonyl (C=O) groups excluding carboxylic acids is 1. The molecule has 1 aromatic carbocycles. The summed E-state index contributed by atoms with van der Waals surface area (Å²) in [4.78, 5) is 34.0. The third-order valence-corrected chi connectivity index (χ3v) is 7.67. The van der Waals surface area contributed by atoms with Crippen molar-refractivity contribution in [3.8, 4) is 0 Å². The Labute approximate surface area is 198 Å². The Morgan fingerprint density at radius 3 is 2.88 bits per heavy atom. The number of para-hydroxylation sites is 1. The van der Waals surface area contributed by atoms with Gasteiger partial charge in [-0.3, -0.25) is 14.0 Å². The normalized spacial score (nSPS) is 19.2. The van der Waals surface area contributed by atoms with Crippen molar-refractivity contribution >= 4 is 49.1 Å². The minimum atomic E-state index is -0.575. The van der Waals surface area contributed by atoms with Gasteiger partial charge in [0.05, 0.1) is 28.8 Å². The summed E-state index contributed by atoms with van der Waals surface area (Å²) in [6, 6.07) is 8.87. The highest BCUT2D eigenvalue weighted by Gasteiger charge is 2.27. The van der Waals surface area contributed by atoms with Crippen LogP contribution in [-0.4, -0.2) is 60.7 Å². The maximum absolute atomic E-state index is 15.2. The van der Waals surface area contributed by atoms with Crippen molar-refractivity contribution in [3.05, 3.63) is 51.9 Å². The molecule has 4 aromatic rings. The second kappa shape index (κ2) is 8.61. The van der Waals surface area contributed by atoms with Gasteiger partial charge in [0.2, 0.25) is 5.43 Å². The van der Waals surface area contributed by atoms with Crippen molar-refractivity contribution in [1.82, 2.24) is 20.0 Å². The van der Waals surface area contributed by atoms with Crippen LogP contribution in [0.2, 0.25) is 0 Å². The SMILES string of the molecule is O=C(NC1CCCNC1)c1c(=O)c2cc(F)c(N3CCOCC3)nc2n2c1sc1ccccc12. The Morgan fingerprint density at radius 2 is 2.09 bits per heavy atom. The van der Waals surface area contributed by atoms with E-state index in [4.69, 9.17) is 4.74 Å². The van der Waals surface area contributed by atoms with E-state index < -0.39 is 17.2 Å². The molecule has 6 rings (SSSR count). The molecular formula is C24H24FN5O3S. The average Bonchev–Trinajstić information content (AvgIpc) is 3.24. The Hall–Kier alpha value is -3.08. The van der Waals surface area contributed by atoms with Crippen molar-refractivity contribution in [1.29, 1.82) is 0 Å². The molecule has 1 atom stereocenters. The van der Waals surface area contributed by atoms with Crippen molar-refractivity contribution in [2.24, 2.45) is 0 Å². The minimum absolute atomic E-state index is 0.0413. The molecule has 0 aliphatic carbocycles. The predicted molar refractivity (Wildman–Crippen MR) is 131 cm³/mol. The lowest BCUT2D eigenvalue weighted by atomic mass is 10.1. The summed E-state index contributed by atoms with van der Waals surface area (Å²) in [7, 11) is 0. The van der Waals surface area contributed by atoms with Gasteiger partial charge in [0.25, 0.3) is 5.91 Å². The molecule has 34 heavy (non-hydrogen) atoms. The van der Waals surface area contributed by atoms with Crippen LogP contribution >= 0.6 is 11.3 Å². The number of anilines is 1. The van der Waals surface area contributed by atoms with Crippen LogP contribution in [0.1, 0.15) is 23.2 Å². The van der Waals surface area contributed by atoms with Crippen molar-refractivity contribution in [2.45, 2.75) is 18.9 Å². The van der Waals surface area contributed by atoms with E-state index in [1.807, 2.05) is 33.6 Å². The monoisotopic (exact) mass is 481 g/mol. The molecule has 10 heteroatoms. The molecule has 0 spiro atoms. The zero-order valence-corrected chi connectivity index (χ0v) is 19.3. The lowest BCUT2D eigenvalue weighted by Crippen LogP contribution is -2.46. The third-order valence-electron chi connectivity index (χ3n) is 6.52. The first kappa shape index (κ1) is 21.5. The highest BCUT2D eigenvalue weighted by atomic mass is 32.1. The number of aromatic nitrogens is 2. The Bertz CT molecular complexity index is 1470. The van der Waals surface area contributed by atoms with E-state index in [9.17, 15) is 9.59 Å². The number of piperidine rings is 1. The second-order valence-corrected chi connectivity index (χ2v) is 9.73. The van der Waals surface area contributed by atoms with Crippen molar-refractivity contribution < 1.29 is 13.9 Å². The smallest absolute Gasteiger partial charge is 0.258 e. The standard InChI is InChI=1S/C24H24FN5O3S/c25-16-12-15-20(31)19(23(32)27-14-4-3-7-26-13-14)24-30(17-5-1-2-6-18(17)34-24)21(15)28-22(16)29-8-10-33-11-9-29/h1-2,5-6,12,14,26H,3-4,7-11,13H2,(H,27,32). The molecule has 0 saturated carbocycles. The Morgan fingerprint density at radius 1 is 1.26 bits per heavy atom. The van der Waals surface area contributed by atoms with E-state index in [-0.39, 0.29) is 22.8 Å². The number of thiazole rings is 1. The molecule has 0 radical (unpaired) electrons. The fourth-order valence-corrected chi connectivity index (χ4v) is 6.01. The molecule has 2 saturated heterocycles. The van der Waals surface area contributed by atoms with Gasteiger partial charge in [-0.05, 0) is 37.6 Å². The number of pyridine rings is 2. The highest BCUT2D eigenvalue weighted by molar-refractivity contribution is 7.24. The zero-order valence-electron chi connectivity index (χ0n) is 18.5. The Kier molecular flexibility index (Phi) is 5.43. The summed E-state index contributed by atoms with van der Waals surface area (Å²) in [5, 5.41) is 6.38. The minimum Gasteiger partial charge on any atom is -0.378 e. The van der Waals surface area contributed by atoms with Crippen LogP contribution < -0.4 is 21.0 Å². The molecule has 1 amide bonds. The topological polar surface area (TPSA) is 88.0 Å². The maximum Gasteiger partial charge on any atom is 0.258 e. The molecule has 2 aliphatic rings. The van der Waals surface area contributed by atoms with E-state index >= 15 is 4.39 Å². The summed E-state index contributed by atoms with van der Waals surface area (Å²) in [6.07, 6.45) is 1.81.